The number of hydrogen-bond acceptors (Lipinski definition) is 1. The third kappa shape index (κ3) is 2.14. The first-order chi connectivity index (χ1) is 7.69. The molecule has 0 aliphatic heterocycles. The number of rotatable bonds is 0. The number of nitrogens with zero attached hydrogens (tertiary/aromatic N) is 1. The molecular formula is C12H13F3N2. The van der Waals surface area contributed by atoms with E-state index in [9.17, 15) is 13.2 Å². The molecule has 0 radical (unpaired) electrons. The fraction of sp³-hybridized carbons (Fsp3) is 0.417. The minimum atomic E-state index is -4.37. The number of nitrogens with one attached hydrogen (secondary N) is 1. The van der Waals surface area contributed by atoms with E-state index in [1.165, 1.54) is 6.07 Å². The summed E-state index contributed by atoms with van der Waals surface area (Å²) >= 11 is 0. The fourth-order valence-corrected chi connectivity index (χ4v) is 1.62. The van der Waals surface area contributed by atoms with Crippen molar-refractivity contribution in [2.24, 2.45) is 0 Å². The van der Waals surface area contributed by atoms with Crippen molar-refractivity contribution in [2.45, 2.75) is 32.4 Å². The van der Waals surface area contributed by atoms with Crippen molar-refractivity contribution < 1.29 is 13.2 Å². The van der Waals surface area contributed by atoms with E-state index in [-0.39, 0.29) is 10.9 Å². The second-order valence-corrected chi connectivity index (χ2v) is 5.03. The molecule has 1 heterocycles. The number of imidazole rings is 1. The summed E-state index contributed by atoms with van der Waals surface area (Å²) in [5.74, 6) is 0.559. The summed E-state index contributed by atoms with van der Waals surface area (Å²) in [4.78, 5) is 7.01. The zero-order chi connectivity index (χ0) is 12.8. The van der Waals surface area contributed by atoms with Gasteiger partial charge in [0.2, 0.25) is 0 Å². The number of H-pyrrole nitrogens is 1. The van der Waals surface area contributed by atoms with Gasteiger partial charge >= 0.3 is 6.18 Å². The van der Waals surface area contributed by atoms with Crippen LogP contribution in [0.15, 0.2) is 18.2 Å². The van der Waals surface area contributed by atoms with Crippen LogP contribution in [0.5, 0.6) is 0 Å². The van der Waals surface area contributed by atoms with Crippen LogP contribution < -0.4 is 0 Å². The van der Waals surface area contributed by atoms with E-state index in [0.29, 0.717) is 11.3 Å². The summed E-state index contributed by atoms with van der Waals surface area (Å²) in [7, 11) is 0. The Labute approximate surface area is 96.9 Å². The van der Waals surface area contributed by atoms with E-state index < -0.39 is 11.7 Å². The van der Waals surface area contributed by atoms with Crippen molar-refractivity contribution in [3.05, 3.63) is 29.6 Å². The van der Waals surface area contributed by atoms with Crippen molar-refractivity contribution in [1.82, 2.24) is 9.97 Å². The van der Waals surface area contributed by atoms with Crippen LogP contribution in [0.3, 0.4) is 0 Å². The Morgan fingerprint density at radius 1 is 1.12 bits per heavy atom. The molecule has 0 aliphatic carbocycles. The van der Waals surface area contributed by atoms with Gasteiger partial charge in [-0.2, -0.15) is 13.2 Å². The molecule has 1 aromatic carbocycles. The van der Waals surface area contributed by atoms with Crippen molar-refractivity contribution in [1.29, 1.82) is 0 Å². The van der Waals surface area contributed by atoms with E-state index in [1.54, 1.807) is 6.07 Å². The average Bonchev–Trinajstić information content (AvgIpc) is 2.57. The summed E-state index contributed by atoms with van der Waals surface area (Å²) in [6.07, 6.45) is -4.37. The van der Waals surface area contributed by atoms with Gasteiger partial charge in [0.05, 0.1) is 11.1 Å². The van der Waals surface area contributed by atoms with Gasteiger partial charge in [-0.1, -0.05) is 26.8 Å². The van der Waals surface area contributed by atoms with Crippen LogP contribution in [-0.2, 0) is 11.6 Å². The maximum atomic E-state index is 12.8. The Bertz CT molecular complexity index is 547. The smallest absolute Gasteiger partial charge is 0.342 e. The molecule has 0 atom stereocenters. The SMILES string of the molecule is CC(C)(C)c1nc2c(C(F)(F)F)cccc2[nH]1. The molecule has 2 nitrogen and oxygen atoms in total. The fourth-order valence-electron chi connectivity index (χ4n) is 1.62. The molecule has 0 unspecified atom stereocenters. The highest BCUT2D eigenvalue weighted by Crippen LogP contribution is 2.34. The van der Waals surface area contributed by atoms with Gasteiger partial charge in [-0.3, -0.25) is 0 Å². The second kappa shape index (κ2) is 3.48. The van der Waals surface area contributed by atoms with Gasteiger partial charge < -0.3 is 4.98 Å². The van der Waals surface area contributed by atoms with Crippen LogP contribution in [0.2, 0.25) is 0 Å². The van der Waals surface area contributed by atoms with Gasteiger partial charge in [-0.05, 0) is 12.1 Å². The molecule has 0 bridgehead atoms. The second-order valence-electron chi connectivity index (χ2n) is 5.03. The van der Waals surface area contributed by atoms with E-state index in [2.05, 4.69) is 9.97 Å². The maximum Gasteiger partial charge on any atom is 0.418 e. The molecule has 92 valence electrons. The number of halogens is 3. The van der Waals surface area contributed by atoms with E-state index in [1.807, 2.05) is 20.8 Å². The molecular weight excluding hydrogens is 229 g/mol. The van der Waals surface area contributed by atoms with Crippen LogP contribution in [0.4, 0.5) is 13.2 Å². The Kier molecular flexibility index (Phi) is 2.45. The Morgan fingerprint density at radius 3 is 2.29 bits per heavy atom. The van der Waals surface area contributed by atoms with Gasteiger partial charge in [0.15, 0.2) is 0 Å². The zero-order valence-electron chi connectivity index (χ0n) is 9.81. The molecule has 17 heavy (non-hydrogen) atoms. The molecule has 2 aromatic rings. The number of fused-ring (bicyclic) bond motifs is 1. The number of alkyl halides is 3. The summed E-state index contributed by atoms with van der Waals surface area (Å²) in [6, 6.07) is 4.04. The normalized spacial score (nSPS) is 13.3. The molecule has 1 N–H and O–H groups in total. The average molecular weight is 242 g/mol. The highest BCUT2D eigenvalue weighted by Gasteiger charge is 2.34. The molecule has 0 aliphatic rings. The Hall–Kier alpha value is -1.52. The lowest BCUT2D eigenvalue weighted by molar-refractivity contribution is -0.136. The first-order valence-corrected chi connectivity index (χ1v) is 5.26. The highest BCUT2D eigenvalue weighted by molar-refractivity contribution is 5.79. The first-order valence-electron chi connectivity index (χ1n) is 5.26. The Morgan fingerprint density at radius 2 is 1.76 bits per heavy atom. The highest BCUT2D eigenvalue weighted by atomic mass is 19.4. The Balaban J connectivity index is 2.70. The van der Waals surface area contributed by atoms with Crippen molar-refractivity contribution in [3.63, 3.8) is 0 Å². The van der Waals surface area contributed by atoms with Crippen LogP contribution >= 0.6 is 0 Å². The minimum absolute atomic E-state index is 0.00933. The van der Waals surface area contributed by atoms with Gasteiger partial charge in [0.1, 0.15) is 11.3 Å². The van der Waals surface area contributed by atoms with Crippen LogP contribution in [0.25, 0.3) is 11.0 Å². The molecule has 0 fully saturated rings. The number of aromatic nitrogens is 2. The lowest BCUT2D eigenvalue weighted by Crippen LogP contribution is -2.13. The lowest BCUT2D eigenvalue weighted by Gasteiger charge is -2.13. The number of para-hydroxylation sites is 1. The molecule has 0 saturated carbocycles. The quantitative estimate of drug-likeness (QED) is 0.746. The van der Waals surface area contributed by atoms with Crippen LogP contribution in [0, 0.1) is 0 Å². The molecule has 0 saturated heterocycles. The molecule has 1 aromatic heterocycles. The molecule has 5 heteroatoms. The minimum Gasteiger partial charge on any atom is -0.342 e. The number of hydrogen-bond donors (Lipinski definition) is 1. The first kappa shape index (κ1) is 12.0. The van der Waals surface area contributed by atoms with Crippen LogP contribution in [0.1, 0.15) is 32.2 Å². The van der Waals surface area contributed by atoms with Crippen molar-refractivity contribution in [3.8, 4) is 0 Å². The van der Waals surface area contributed by atoms with E-state index in [4.69, 9.17) is 0 Å². The number of aromatic amines is 1. The maximum absolute atomic E-state index is 12.8. The zero-order valence-corrected chi connectivity index (χ0v) is 9.81. The van der Waals surface area contributed by atoms with Gasteiger partial charge in [-0.25, -0.2) is 4.98 Å². The summed E-state index contributed by atoms with van der Waals surface area (Å²) < 4.78 is 38.3. The topological polar surface area (TPSA) is 28.7 Å². The third-order valence-electron chi connectivity index (χ3n) is 2.53. The summed E-state index contributed by atoms with van der Waals surface area (Å²) in [5.41, 5.74) is -0.585. The van der Waals surface area contributed by atoms with E-state index in [0.717, 1.165) is 6.07 Å². The van der Waals surface area contributed by atoms with Crippen molar-refractivity contribution >= 4 is 11.0 Å². The monoisotopic (exact) mass is 242 g/mol. The molecule has 2 rings (SSSR count). The summed E-state index contributed by atoms with van der Waals surface area (Å²) in [5, 5.41) is 0. The van der Waals surface area contributed by atoms with Gasteiger partial charge in [-0.15, -0.1) is 0 Å². The molecule has 0 amide bonds. The van der Waals surface area contributed by atoms with E-state index >= 15 is 0 Å². The predicted octanol–water partition coefficient (Wildman–Crippen LogP) is 3.88. The summed E-state index contributed by atoms with van der Waals surface area (Å²) in [6.45, 7) is 5.70. The standard InChI is InChI=1S/C12H13F3N2/c1-11(2,3)10-16-8-6-4-5-7(9(8)17-10)12(13,14)15/h4-6H,1-3H3,(H,16,17). The number of benzene rings is 1. The van der Waals surface area contributed by atoms with Gasteiger partial charge in [0.25, 0.3) is 0 Å². The lowest BCUT2D eigenvalue weighted by atomic mass is 9.96. The predicted molar refractivity (Wildman–Crippen MR) is 59.8 cm³/mol. The largest absolute Gasteiger partial charge is 0.418 e. The van der Waals surface area contributed by atoms with Gasteiger partial charge in [0, 0.05) is 5.41 Å². The molecule has 0 spiro atoms. The third-order valence-corrected chi connectivity index (χ3v) is 2.53. The van der Waals surface area contributed by atoms with Crippen molar-refractivity contribution in [2.75, 3.05) is 0 Å². The van der Waals surface area contributed by atoms with Crippen LogP contribution in [-0.4, -0.2) is 9.97 Å².